The van der Waals surface area contributed by atoms with Gasteiger partial charge in [-0.15, -0.1) is 0 Å². The standard InChI is InChI=1S/C11H17N3OS/c1-8-5-14-6-9(3-4-10(14)12-8)13-11(15)7-16-2/h5,9H,3-4,6-7H2,1-2H3,(H,13,15). The topological polar surface area (TPSA) is 46.9 Å². The van der Waals surface area contributed by atoms with E-state index in [2.05, 4.69) is 21.1 Å². The summed E-state index contributed by atoms with van der Waals surface area (Å²) in [7, 11) is 0. The number of fused-ring (bicyclic) bond motifs is 1. The van der Waals surface area contributed by atoms with Gasteiger partial charge in [0.2, 0.25) is 5.91 Å². The Labute approximate surface area is 99.8 Å². The SMILES string of the molecule is CSCC(=O)NC1CCc2nc(C)cn2C1. The van der Waals surface area contributed by atoms with Crippen molar-refractivity contribution in [1.82, 2.24) is 14.9 Å². The lowest BCUT2D eigenvalue weighted by Gasteiger charge is -2.24. The molecule has 2 rings (SSSR count). The summed E-state index contributed by atoms with van der Waals surface area (Å²) in [6, 6.07) is 0.265. The van der Waals surface area contributed by atoms with Gasteiger partial charge in [-0.05, 0) is 19.6 Å². The number of nitrogens with zero attached hydrogens (tertiary/aromatic N) is 2. The van der Waals surface area contributed by atoms with E-state index >= 15 is 0 Å². The molecule has 0 spiro atoms. The van der Waals surface area contributed by atoms with Crippen LogP contribution in [0.4, 0.5) is 0 Å². The third kappa shape index (κ3) is 2.58. The van der Waals surface area contributed by atoms with Crippen LogP contribution in [-0.4, -0.2) is 33.5 Å². The van der Waals surface area contributed by atoms with Crippen LogP contribution in [0.3, 0.4) is 0 Å². The Morgan fingerprint density at radius 3 is 3.31 bits per heavy atom. The minimum Gasteiger partial charge on any atom is -0.351 e. The van der Waals surface area contributed by atoms with Crippen molar-refractivity contribution in [1.29, 1.82) is 0 Å². The average molecular weight is 239 g/mol. The lowest BCUT2D eigenvalue weighted by atomic mass is 10.1. The highest BCUT2D eigenvalue weighted by Gasteiger charge is 2.20. The van der Waals surface area contributed by atoms with Crippen molar-refractivity contribution >= 4 is 17.7 Å². The number of aromatic nitrogens is 2. The van der Waals surface area contributed by atoms with Gasteiger partial charge in [0.1, 0.15) is 5.82 Å². The molecule has 2 heterocycles. The third-order valence-electron chi connectivity index (χ3n) is 2.75. The number of imidazole rings is 1. The van der Waals surface area contributed by atoms with Crippen LogP contribution < -0.4 is 5.32 Å². The Bertz CT molecular complexity index is 389. The molecule has 1 unspecified atom stereocenters. The molecule has 0 radical (unpaired) electrons. The van der Waals surface area contributed by atoms with Gasteiger partial charge in [-0.3, -0.25) is 4.79 Å². The van der Waals surface area contributed by atoms with Crippen molar-refractivity contribution in [3.05, 3.63) is 17.7 Å². The van der Waals surface area contributed by atoms with E-state index in [9.17, 15) is 4.79 Å². The van der Waals surface area contributed by atoms with E-state index in [1.54, 1.807) is 11.8 Å². The van der Waals surface area contributed by atoms with Crippen LogP contribution in [0.5, 0.6) is 0 Å². The zero-order valence-corrected chi connectivity index (χ0v) is 10.5. The first kappa shape index (κ1) is 11.5. The number of rotatable bonds is 3. The molecule has 0 aromatic carbocycles. The molecule has 0 bridgehead atoms. The minimum absolute atomic E-state index is 0.137. The molecule has 4 nitrogen and oxygen atoms in total. The smallest absolute Gasteiger partial charge is 0.230 e. The first-order chi connectivity index (χ1) is 7.69. The molecule has 0 saturated heterocycles. The monoisotopic (exact) mass is 239 g/mol. The van der Waals surface area contributed by atoms with Crippen LogP contribution in [0.25, 0.3) is 0 Å². The van der Waals surface area contributed by atoms with E-state index in [0.717, 1.165) is 30.9 Å². The van der Waals surface area contributed by atoms with Gasteiger partial charge >= 0.3 is 0 Å². The van der Waals surface area contributed by atoms with E-state index in [-0.39, 0.29) is 11.9 Å². The highest BCUT2D eigenvalue weighted by Crippen LogP contribution is 2.15. The molecule has 88 valence electrons. The molecule has 0 aliphatic carbocycles. The van der Waals surface area contributed by atoms with Crippen molar-refractivity contribution in [2.24, 2.45) is 0 Å². The molecule has 1 aliphatic heterocycles. The van der Waals surface area contributed by atoms with Gasteiger partial charge in [0, 0.05) is 25.2 Å². The summed E-state index contributed by atoms with van der Waals surface area (Å²) in [6.07, 6.45) is 5.95. The van der Waals surface area contributed by atoms with Crippen molar-refractivity contribution in [3.8, 4) is 0 Å². The van der Waals surface area contributed by atoms with Crippen LogP contribution in [0.15, 0.2) is 6.20 Å². The Balaban J connectivity index is 1.94. The van der Waals surface area contributed by atoms with Gasteiger partial charge in [0.05, 0.1) is 11.4 Å². The number of aryl methyl sites for hydroxylation is 2. The fraction of sp³-hybridized carbons (Fsp3) is 0.636. The van der Waals surface area contributed by atoms with Crippen molar-refractivity contribution in [2.75, 3.05) is 12.0 Å². The highest BCUT2D eigenvalue weighted by molar-refractivity contribution is 7.99. The Morgan fingerprint density at radius 1 is 1.75 bits per heavy atom. The number of thioether (sulfide) groups is 1. The van der Waals surface area contributed by atoms with E-state index in [1.165, 1.54) is 0 Å². The van der Waals surface area contributed by atoms with Crippen molar-refractivity contribution < 1.29 is 4.79 Å². The molecule has 0 fully saturated rings. The number of hydrogen-bond acceptors (Lipinski definition) is 3. The van der Waals surface area contributed by atoms with E-state index < -0.39 is 0 Å². The van der Waals surface area contributed by atoms with Crippen LogP contribution in [0.1, 0.15) is 17.9 Å². The molecule has 1 aromatic heterocycles. The molecular weight excluding hydrogens is 222 g/mol. The number of nitrogens with one attached hydrogen (secondary N) is 1. The van der Waals surface area contributed by atoms with Gasteiger partial charge < -0.3 is 9.88 Å². The van der Waals surface area contributed by atoms with Gasteiger partial charge in [0.25, 0.3) is 0 Å². The summed E-state index contributed by atoms with van der Waals surface area (Å²) >= 11 is 1.56. The van der Waals surface area contributed by atoms with Crippen LogP contribution in [-0.2, 0) is 17.8 Å². The summed E-state index contributed by atoms with van der Waals surface area (Å²) in [5.41, 5.74) is 1.06. The van der Waals surface area contributed by atoms with E-state index in [0.29, 0.717) is 5.75 Å². The molecule has 0 saturated carbocycles. The fourth-order valence-electron chi connectivity index (χ4n) is 2.10. The first-order valence-electron chi connectivity index (χ1n) is 5.50. The number of carbonyl (C=O) groups is 1. The second kappa shape index (κ2) is 4.91. The summed E-state index contributed by atoms with van der Waals surface area (Å²) in [4.78, 5) is 15.9. The predicted octanol–water partition coefficient (Wildman–Crippen LogP) is 0.986. The van der Waals surface area contributed by atoms with Gasteiger partial charge in [-0.25, -0.2) is 4.98 Å². The van der Waals surface area contributed by atoms with Gasteiger partial charge in [0.15, 0.2) is 0 Å². The second-order valence-electron chi connectivity index (χ2n) is 4.19. The minimum atomic E-state index is 0.137. The molecule has 16 heavy (non-hydrogen) atoms. The number of amides is 1. The molecule has 1 aliphatic rings. The van der Waals surface area contributed by atoms with E-state index in [1.807, 2.05) is 13.2 Å². The number of hydrogen-bond donors (Lipinski definition) is 1. The first-order valence-corrected chi connectivity index (χ1v) is 6.89. The molecule has 1 aromatic rings. The number of carbonyl (C=O) groups excluding carboxylic acids is 1. The largest absolute Gasteiger partial charge is 0.351 e. The fourth-order valence-corrected chi connectivity index (χ4v) is 2.45. The summed E-state index contributed by atoms with van der Waals surface area (Å²) in [5, 5.41) is 3.06. The maximum Gasteiger partial charge on any atom is 0.230 e. The van der Waals surface area contributed by atoms with Crippen LogP contribution >= 0.6 is 11.8 Å². The molecule has 1 N–H and O–H groups in total. The molecule has 5 heteroatoms. The normalized spacial score (nSPS) is 19.2. The highest BCUT2D eigenvalue weighted by atomic mass is 32.2. The molecule has 1 amide bonds. The average Bonchev–Trinajstić information content (AvgIpc) is 2.57. The van der Waals surface area contributed by atoms with E-state index in [4.69, 9.17) is 0 Å². The van der Waals surface area contributed by atoms with Crippen molar-refractivity contribution in [2.45, 2.75) is 32.4 Å². The third-order valence-corrected chi connectivity index (χ3v) is 3.30. The van der Waals surface area contributed by atoms with Gasteiger partial charge in [-0.2, -0.15) is 11.8 Å². The maximum absolute atomic E-state index is 11.5. The summed E-state index contributed by atoms with van der Waals surface area (Å²) in [5.74, 6) is 1.83. The lowest BCUT2D eigenvalue weighted by molar-refractivity contribution is -0.119. The Kier molecular flexibility index (Phi) is 3.53. The predicted molar refractivity (Wildman–Crippen MR) is 65.6 cm³/mol. The molecular formula is C11H17N3OS. The Hall–Kier alpha value is -0.970. The quantitative estimate of drug-likeness (QED) is 0.855. The zero-order chi connectivity index (χ0) is 11.5. The van der Waals surface area contributed by atoms with Crippen molar-refractivity contribution in [3.63, 3.8) is 0 Å². The molecule has 1 atom stereocenters. The van der Waals surface area contributed by atoms with Gasteiger partial charge in [-0.1, -0.05) is 0 Å². The van der Waals surface area contributed by atoms with Crippen LogP contribution in [0.2, 0.25) is 0 Å². The Morgan fingerprint density at radius 2 is 2.56 bits per heavy atom. The second-order valence-corrected chi connectivity index (χ2v) is 5.05. The summed E-state index contributed by atoms with van der Waals surface area (Å²) in [6.45, 7) is 2.86. The maximum atomic E-state index is 11.5. The summed E-state index contributed by atoms with van der Waals surface area (Å²) < 4.78 is 2.16. The zero-order valence-electron chi connectivity index (χ0n) is 9.69. The lowest BCUT2D eigenvalue weighted by Crippen LogP contribution is -2.41. The van der Waals surface area contributed by atoms with Crippen LogP contribution in [0, 0.1) is 6.92 Å².